The van der Waals surface area contributed by atoms with Crippen molar-refractivity contribution >= 4 is 17.7 Å². The average Bonchev–Trinajstić information content (AvgIpc) is 2.27. The van der Waals surface area contributed by atoms with Crippen LogP contribution in [-0.4, -0.2) is 48.9 Å². The Morgan fingerprint density at radius 2 is 2.24 bits per heavy atom. The Hall–Kier alpha value is -0.430. The smallest absolute Gasteiger partial charge is 0.441 e. The number of hydrogen-bond donors (Lipinski definition) is 0. The zero-order chi connectivity index (χ0) is 12.9. The van der Waals surface area contributed by atoms with E-state index in [0.717, 1.165) is 19.4 Å². The summed E-state index contributed by atoms with van der Waals surface area (Å²) in [6.07, 6.45) is 1.59. The van der Waals surface area contributed by atoms with E-state index in [-0.39, 0.29) is 29.4 Å². The number of carbonyl (C=O) groups is 1. The second-order valence-electron chi connectivity index (χ2n) is 3.96. The van der Waals surface area contributed by atoms with E-state index in [1.807, 2.05) is 4.90 Å². The number of likely N-dealkylation sites (tertiary alicyclic amines) is 1. The summed E-state index contributed by atoms with van der Waals surface area (Å²) in [6.45, 7) is 1.62. The Bertz CT molecular complexity index is 260. The van der Waals surface area contributed by atoms with Crippen LogP contribution in [0.3, 0.4) is 0 Å². The van der Waals surface area contributed by atoms with Crippen molar-refractivity contribution in [2.24, 2.45) is 5.92 Å². The van der Waals surface area contributed by atoms with E-state index >= 15 is 0 Å². The largest absolute Gasteiger partial charge is 0.469 e. The van der Waals surface area contributed by atoms with Crippen molar-refractivity contribution in [3.8, 4) is 0 Å². The van der Waals surface area contributed by atoms with Crippen molar-refractivity contribution in [2.45, 2.75) is 18.3 Å². The van der Waals surface area contributed by atoms with E-state index in [1.165, 1.54) is 7.11 Å². The molecule has 0 N–H and O–H groups in total. The van der Waals surface area contributed by atoms with Gasteiger partial charge in [0.15, 0.2) is 0 Å². The molecule has 0 radical (unpaired) electrons. The summed E-state index contributed by atoms with van der Waals surface area (Å²) >= 11 is -0.0152. The zero-order valence-corrected chi connectivity index (χ0v) is 10.4. The molecule has 0 saturated carbocycles. The Kier molecular flexibility index (Phi) is 5.58. The van der Waals surface area contributed by atoms with E-state index in [9.17, 15) is 18.0 Å². The van der Waals surface area contributed by atoms with Crippen LogP contribution in [0.25, 0.3) is 0 Å². The maximum Gasteiger partial charge on any atom is 0.441 e. The third kappa shape index (κ3) is 5.63. The van der Waals surface area contributed by atoms with Crippen molar-refractivity contribution in [2.75, 3.05) is 32.5 Å². The van der Waals surface area contributed by atoms with E-state index in [0.29, 0.717) is 13.1 Å². The first-order chi connectivity index (χ1) is 7.92. The molecule has 17 heavy (non-hydrogen) atoms. The van der Waals surface area contributed by atoms with Gasteiger partial charge in [0.2, 0.25) is 0 Å². The van der Waals surface area contributed by atoms with Gasteiger partial charge in [0.25, 0.3) is 0 Å². The molecule has 1 fully saturated rings. The number of piperidine rings is 1. The minimum absolute atomic E-state index is 0.0113. The number of hydrogen-bond acceptors (Lipinski definition) is 4. The molecule has 3 nitrogen and oxygen atoms in total. The summed E-state index contributed by atoms with van der Waals surface area (Å²) in [5.74, 6) is -0.444. The van der Waals surface area contributed by atoms with Crippen molar-refractivity contribution in [1.29, 1.82) is 0 Å². The van der Waals surface area contributed by atoms with Crippen LogP contribution in [0.5, 0.6) is 0 Å². The highest BCUT2D eigenvalue weighted by Crippen LogP contribution is 2.30. The fraction of sp³-hybridized carbons (Fsp3) is 0.900. The monoisotopic (exact) mass is 271 g/mol. The third-order valence-electron chi connectivity index (χ3n) is 2.71. The molecule has 1 atom stereocenters. The summed E-state index contributed by atoms with van der Waals surface area (Å²) in [7, 11) is 1.33. The molecule has 0 amide bonds. The number of nitrogens with zero attached hydrogens (tertiary/aromatic N) is 1. The van der Waals surface area contributed by atoms with Crippen LogP contribution in [-0.2, 0) is 9.53 Å². The second kappa shape index (κ2) is 6.49. The van der Waals surface area contributed by atoms with Crippen molar-refractivity contribution in [1.82, 2.24) is 4.90 Å². The number of thioether (sulfide) groups is 1. The Morgan fingerprint density at radius 1 is 1.53 bits per heavy atom. The molecule has 1 rings (SSSR count). The lowest BCUT2D eigenvalue weighted by atomic mass is 9.98. The standard InChI is InChI=1S/C10H16F3NO2S/c1-16-9(15)8-3-2-4-14(7-8)5-6-17-10(11,12)13/h8H,2-7H2,1H3. The Balaban J connectivity index is 2.28. The summed E-state index contributed by atoms with van der Waals surface area (Å²) in [5.41, 5.74) is -4.17. The van der Waals surface area contributed by atoms with E-state index < -0.39 is 5.51 Å². The van der Waals surface area contributed by atoms with Gasteiger partial charge in [0.1, 0.15) is 0 Å². The lowest BCUT2D eigenvalue weighted by Crippen LogP contribution is -2.40. The van der Waals surface area contributed by atoms with Gasteiger partial charge in [-0.3, -0.25) is 4.79 Å². The molecule has 1 unspecified atom stereocenters. The summed E-state index contributed by atoms with van der Waals surface area (Å²) in [4.78, 5) is 13.2. The fourth-order valence-corrected chi connectivity index (χ4v) is 2.49. The van der Waals surface area contributed by atoms with Crippen molar-refractivity contribution in [3.63, 3.8) is 0 Å². The molecular weight excluding hydrogens is 255 g/mol. The Labute approximate surface area is 103 Å². The molecule has 1 aliphatic rings. The molecule has 1 aliphatic heterocycles. The Morgan fingerprint density at radius 3 is 2.82 bits per heavy atom. The van der Waals surface area contributed by atoms with Crippen LogP contribution in [0.4, 0.5) is 13.2 Å². The van der Waals surface area contributed by atoms with Gasteiger partial charge in [0.05, 0.1) is 13.0 Å². The third-order valence-corrected chi connectivity index (χ3v) is 3.43. The maximum atomic E-state index is 11.9. The van der Waals surface area contributed by atoms with Gasteiger partial charge in [-0.1, -0.05) is 0 Å². The SMILES string of the molecule is COC(=O)C1CCCN(CCSC(F)(F)F)C1. The molecule has 1 heterocycles. The minimum Gasteiger partial charge on any atom is -0.469 e. The number of halogens is 3. The molecular formula is C10H16F3NO2S. The molecule has 0 bridgehead atoms. The molecule has 0 aromatic heterocycles. The van der Waals surface area contributed by atoms with Crippen molar-refractivity contribution < 1.29 is 22.7 Å². The van der Waals surface area contributed by atoms with E-state index in [4.69, 9.17) is 0 Å². The molecule has 7 heteroatoms. The normalized spacial score (nSPS) is 22.5. The van der Waals surface area contributed by atoms with Gasteiger partial charge in [-0.05, 0) is 31.1 Å². The predicted octanol–water partition coefficient (Wildman–Crippen LogP) is 2.12. The average molecular weight is 271 g/mol. The van der Waals surface area contributed by atoms with Gasteiger partial charge in [-0.25, -0.2) is 0 Å². The van der Waals surface area contributed by atoms with Crippen molar-refractivity contribution in [3.05, 3.63) is 0 Å². The first kappa shape index (κ1) is 14.6. The summed E-state index contributed by atoms with van der Waals surface area (Å²) < 4.78 is 40.5. The molecule has 0 aliphatic carbocycles. The fourth-order valence-electron chi connectivity index (χ4n) is 1.91. The number of ether oxygens (including phenoxy) is 1. The van der Waals surface area contributed by atoms with E-state index in [1.54, 1.807) is 0 Å². The zero-order valence-electron chi connectivity index (χ0n) is 9.63. The van der Waals surface area contributed by atoms with Crippen LogP contribution in [0, 0.1) is 5.92 Å². The maximum absolute atomic E-state index is 11.9. The van der Waals surface area contributed by atoms with E-state index in [2.05, 4.69) is 4.74 Å². The summed E-state index contributed by atoms with van der Waals surface area (Å²) in [6, 6.07) is 0. The number of rotatable bonds is 4. The number of alkyl halides is 3. The van der Waals surface area contributed by atoms with Gasteiger partial charge in [-0.2, -0.15) is 13.2 Å². The topological polar surface area (TPSA) is 29.5 Å². The van der Waals surface area contributed by atoms with Crippen LogP contribution >= 0.6 is 11.8 Å². The molecule has 1 saturated heterocycles. The highest BCUT2D eigenvalue weighted by molar-refractivity contribution is 8.00. The molecule has 0 spiro atoms. The minimum atomic E-state index is -4.17. The van der Waals surface area contributed by atoms with Crippen LogP contribution in [0.1, 0.15) is 12.8 Å². The lowest BCUT2D eigenvalue weighted by molar-refractivity contribution is -0.147. The predicted molar refractivity (Wildman–Crippen MR) is 59.7 cm³/mol. The molecule has 0 aromatic rings. The number of esters is 1. The highest BCUT2D eigenvalue weighted by Gasteiger charge is 2.30. The van der Waals surface area contributed by atoms with Gasteiger partial charge in [-0.15, -0.1) is 0 Å². The number of carbonyl (C=O) groups excluding carboxylic acids is 1. The van der Waals surface area contributed by atoms with Crippen LogP contribution < -0.4 is 0 Å². The first-order valence-electron chi connectivity index (χ1n) is 5.43. The highest BCUT2D eigenvalue weighted by atomic mass is 32.2. The quantitative estimate of drug-likeness (QED) is 0.733. The van der Waals surface area contributed by atoms with Gasteiger partial charge in [0, 0.05) is 18.8 Å². The van der Waals surface area contributed by atoms with Crippen LogP contribution in [0.15, 0.2) is 0 Å². The van der Waals surface area contributed by atoms with Gasteiger partial charge < -0.3 is 9.64 Å². The lowest BCUT2D eigenvalue weighted by Gasteiger charge is -2.31. The molecule has 0 aromatic carbocycles. The molecule has 100 valence electrons. The first-order valence-corrected chi connectivity index (χ1v) is 6.42. The summed E-state index contributed by atoms with van der Waals surface area (Å²) in [5, 5.41) is 0. The number of methoxy groups -OCH3 is 1. The van der Waals surface area contributed by atoms with Gasteiger partial charge >= 0.3 is 11.5 Å². The van der Waals surface area contributed by atoms with Crippen LogP contribution in [0.2, 0.25) is 0 Å². The second-order valence-corrected chi connectivity index (χ2v) is 5.12.